The first-order valence-electron chi connectivity index (χ1n) is 7.94. The van der Waals surface area contributed by atoms with E-state index in [1.807, 2.05) is 12.1 Å². The fraction of sp³-hybridized carbons (Fsp3) is 0.100. The highest BCUT2D eigenvalue weighted by atomic mass is 35.5. The van der Waals surface area contributed by atoms with Gasteiger partial charge in [-0.2, -0.15) is 0 Å². The van der Waals surface area contributed by atoms with E-state index in [0.717, 1.165) is 17.4 Å². The SMILES string of the molecule is COC(=O)c1cnc(-c2ccc(Cl)cc2)c(-c2ccc(S(C)(=O)=O)cc2)c1. The van der Waals surface area contributed by atoms with Gasteiger partial charge in [-0.25, -0.2) is 13.2 Å². The maximum absolute atomic E-state index is 11.9. The highest BCUT2D eigenvalue weighted by Gasteiger charge is 2.15. The van der Waals surface area contributed by atoms with Crippen LogP contribution in [0.3, 0.4) is 0 Å². The van der Waals surface area contributed by atoms with E-state index in [9.17, 15) is 13.2 Å². The Balaban J connectivity index is 2.18. The number of sulfone groups is 1. The van der Waals surface area contributed by atoms with E-state index in [0.29, 0.717) is 21.8 Å². The van der Waals surface area contributed by atoms with Crippen LogP contribution in [0.2, 0.25) is 5.02 Å². The monoisotopic (exact) mass is 401 g/mol. The number of benzene rings is 2. The molecular formula is C20H16ClNO4S. The van der Waals surface area contributed by atoms with Crippen LogP contribution >= 0.6 is 11.6 Å². The predicted molar refractivity (Wildman–Crippen MR) is 105 cm³/mol. The maximum atomic E-state index is 11.9. The van der Waals surface area contributed by atoms with Crippen LogP contribution in [0.5, 0.6) is 0 Å². The number of pyridine rings is 1. The van der Waals surface area contributed by atoms with E-state index in [-0.39, 0.29) is 4.90 Å². The average molecular weight is 402 g/mol. The Morgan fingerprint density at radius 2 is 1.59 bits per heavy atom. The van der Waals surface area contributed by atoms with E-state index < -0.39 is 15.8 Å². The molecule has 3 rings (SSSR count). The number of rotatable bonds is 4. The van der Waals surface area contributed by atoms with Gasteiger partial charge in [0.15, 0.2) is 9.84 Å². The summed E-state index contributed by atoms with van der Waals surface area (Å²) in [7, 11) is -2.00. The van der Waals surface area contributed by atoms with Gasteiger partial charge in [0.2, 0.25) is 0 Å². The van der Waals surface area contributed by atoms with Crippen LogP contribution in [0.25, 0.3) is 22.4 Å². The van der Waals surface area contributed by atoms with Gasteiger partial charge in [0.25, 0.3) is 0 Å². The molecule has 0 unspecified atom stereocenters. The van der Waals surface area contributed by atoms with Crippen molar-refractivity contribution in [3.8, 4) is 22.4 Å². The number of nitrogens with zero attached hydrogens (tertiary/aromatic N) is 1. The zero-order chi connectivity index (χ0) is 19.6. The van der Waals surface area contributed by atoms with Crippen molar-refractivity contribution in [2.45, 2.75) is 4.90 Å². The first kappa shape index (κ1) is 19.1. The van der Waals surface area contributed by atoms with E-state index in [1.165, 1.54) is 25.4 Å². The number of hydrogen-bond acceptors (Lipinski definition) is 5. The number of esters is 1. The summed E-state index contributed by atoms with van der Waals surface area (Å²) in [6.07, 6.45) is 2.60. The molecule has 138 valence electrons. The van der Waals surface area contributed by atoms with Crippen LogP contribution in [0.1, 0.15) is 10.4 Å². The van der Waals surface area contributed by atoms with Gasteiger partial charge in [0.1, 0.15) is 0 Å². The minimum absolute atomic E-state index is 0.219. The largest absolute Gasteiger partial charge is 0.465 e. The Bertz CT molecular complexity index is 1090. The molecule has 0 radical (unpaired) electrons. The third kappa shape index (κ3) is 4.18. The number of aromatic nitrogens is 1. The third-order valence-electron chi connectivity index (χ3n) is 4.02. The van der Waals surface area contributed by atoms with Gasteiger partial charge in [-0.1, -0.05) is 35.9 Å². The molecule has 0 atom stereocenters. The predicted octanol–water partition coefficient (Wildman–Crippen LogP) is 4.26. The number of carbonyl (C=O) groups excluding carboxylic acids is 1. The Morgan fingerprint density at radius 1 is 1.00 bits per heavy atom. The topological polar surface area (TPSA) is 73.3 Å². The van der Waals surface area contributed by atoms with Crippen molar-refractivity contribution in [3.05, 3.63) is 71.4 Å². The van der Waals surface area contributed by atoms with Gasteiger partial charge in [0.05, 0.1) is 23.3 Å². The lowest BCUT2D eigenvalue weighted by Gasteiger charge is -2.12. The highest BCUT2D eigenvalue weighted by molar-refractivity contribution is 7.90. The third-order valence-corrected chi connectivity index (χ3v) is 5.40. The summed E-state index contributed by atoms with van der Waals surface area (Å²) in [4.78, 5) is 16.6. The second kappa shape index (κ2) is 7.50. The standard InChI is InChI=1S/C20H16ClNO4S/c1-26-20(23)15-11-18(13-5-9-17(10-6-13)27(2,24)25)19(22-12-15)14-3-7-16(21)8-4-14/h3-12H,1-2H3. The van der Waals surface area contributed by atoms with Gasteiger partial charge in [0, 0.05) is 28.6 Å². The second-order valence-electron chi connectivity index (χ2n) is 5.92. The summed E-state index contributed by atoms with van der Waals surface area (Å²) >= 11 is 5.96. The molecular weight excluding hydrogens is 386 g/mol. The summed E-state index contributed by atoms with van der Waals surface area (Å²) in [5.41, 5.74) is 3.17. The van der Waals surface area contributed by atoms with Crippen molar-refractivity contribution in [1.82, 2.24) is 4.98 Å². The molecule has 7 heteroatoms. The fourth-order valence-electron chi connectivity index (χ4n) is 2.63. The molecule has 0 saturated heterocycles. The molecule has 2 aromatic carbocycles. The van der Waals surface area contributed by atoms with Crippen molar-refractivity contribution in [1.29, 1.82) is 0 Å². The Kier molecular flexibility index (Phi) is 5.30. The summed E-state index contributed by atoms with van der Waals surface area (Å²) < 4.78 is 28.2. The van der Waals surface area contributed by atoms with E-state index in [4.69, 9.17) is 16.3 Å². The molecule has 0 aliphatic heterocycles. The zero-order valence-electron chi connectivity index (χ0n) is 14.6. The van der Waals surface area contributed by atoms with Crippen LogP contribution in [0.15, 0.2) is 65.7 Å². The quantitative estimate of drug-likeness (QED) is 0.611. The molecule has 0 saturated carbocycles. The minimum atomic E-state index is -3.30. The van der Waals surface area contributed by atoms with Crippen molar-refractivity contribution in [3.63, 3.8) is 0 Å². The van der Waals surface area contributed by atoms with Crippen LogP contribution in [-0.4, -0.2) is 32.7 Å². The minimum Gasteiger partial charge on any atom is -0.465 e. The summed E-state index contributed by atoms with van der Waals surface area (Å²) in [5.74, 6) is -0.501. The molecule has 0 fully saturated rings. The average Bonchev–Trinajstić information content (AvgIpc) is 2.67. The zero-order valence-corrected chi connectivity index (χ0v) is 16.2. The second-order valence-corrected chi connectivity index (χ2v) is 8.37. The van der Waals surface area contributed by atoms with Crippen molar-refractivity contribution in [2.24, 2.45) is 0 Å². The van der Waals surface area contributed by atoms with Crippen LogP contribution in [0, 0.1) is 0 Å². The molecule has 27 heavy (non-hydrogen) atoms. The van der Waals surface area contributed by atoms with Crippen LogP contribution in [0.4, 0.5) is 0 Å². The first-order valence-corrected chi connectivity index (χ1v) is 10.2. The van der Waals surface area contributed by atoms with Crippen molar-refractivity contribution in [2.75, 3.05) is 13.4 Å². The summed E-state index contributed by atoms with van der Waals surface area (Å²) in [5, 5.41) is 0.601. The molecule has 1 heterocycles. The number of methoxy groups -OCH3 is 1. The number of carbonyl (C=O) groups is 1. The molecule has 0 aliphatic carbocycles. The number of halogens is 1. The molecule has 3 aromatic rings. The normalized spacial score (nSPS) is 11.2. The molecule has 0 N–H and O–H groups in total. The Labute approximate surface area is 162 Å². The molecule has 5 nitrogen and oxygen atoms in total. The van der Waals surface area contributed by atoms with Gasteiger partial charge in [-0.05, 0) is 35.9 Å². The smallest absolute Gasteiger partial charge is 0.339 e. The Morgan fingerprint density at radius 3 is 2.15 bits per heavy atom. The van der Waals surface area contributed by atoms with E-state index in [1.54, 1.807) is 30.3 Å². The molecule has 0 bridgehead atoms. The van der Waals surface area contributed by atoms with Crippen molar-refractivity contribution >= 4 is 27.4 Å². The van der Waals surface area contributed by atoms with E-state index in [2.05, 4.69) is 4.98 Å². The lowest BCUT2D eigenvalue weighted by molar-refractivity contribution is 0.0600. The Hall–Kier alpha value is -2.70. The lowest BCUT2D eigenvalue weighted by Crippen LogP contribution is -2.03. The molecule has 1 aromatic heterocycles. The van der Waals surface area contributed by atoms with Gasteiger partial charge in [-0.3, -0.25) is 4.98 Å². The van der Waals surface area contributed by atoms with E-state index >= 15 is 0 Å². The molecule has 0 amide bonds. The molecule has 0 aliphatic rings. The van der Waals surface area contributed by atoms with Gasteiger partial charge >= 0.3 is 5.97 Å². The molecule has 0 spiro atoms. The van der Waals surface area contributed by atoms with Crippen molar-refractivity contribution < 1.29 is 17.9 Å². The first-order chi connectivity index (χ1) is 12.8. The summed E-state index contributed by atoms with van der Waals surface area (Å²) in [6, 6.07) is 15.3. The van der Waals surface area contributed by atoms with Crippen LogP contribution in [-0.2, 0) is 14.6 Å². The van der Waals surface area contributed by atoms with Gasteiger partial charge in [-0.15, -0.1) is 0 Å². The highest BCUT2D eigenvalue weighted by Crippen LogP contribution is 2.32. The maximum Gasteiger partial charge on any atom is 0.339 e. The fourth-order valence-corrected chi connectivity index (χ4v) is 3.39. The van der Waals surface area contributed by atoms with Crippen LogP contribution < -0.4 is 0 Å². The number of hydrogen-bond donors (Lipinski definition) is 0. The summed E-state index contributed by atoms with van der Waals surface area (Å²) in [6.45, 7) is 0. The lowest BCUT2D eigenvalue weighted by atomic mass is 9.98. The van der Waals surface area contributed by atoms with Gasteiger partial charge < -0.3 is 4.74 Å². The number of ether oxygens (including phenoxy) is 1.